The maximum Gasteiger partial charge on any atom is 0.430 e. The van der Waals surface area contributed by atoms with Crippen LogP contribution in [0.2, 0.25) is 0 Å². The fourth-order valence-electron chi connectivity index (χ4n) is 3.29. The number of nitrogens with zero attached hydrogens (tertiary/aromatic N) is 1. The van der Waals surface area contributed by atoms with Crippen molar-refractivity contribution >= 4 is 33.4 Å². The highest BCUT2D eigenvalue weighted by Gasteiger charge is 2.28. The molecular formula is C25H23F3N2O6. The Morgan fingerprint density at radius 2 is 1.72 bits per heavy atom. The Hall–Kier alpha value is -4.25. The highest BCUT2D eigenvalue weighted by Crippen LogP contribution is 2.33. The van der Waals surface area contributed by atoms with Crippen LogP contribution in [0.4, 0.5) is 18.9 Å². The monoisotopic (exact) mass is 504 g/mol. The second kappa shape index (κ2) is 10.6. The van der Waals surface area contributed by atoms with Crippen molar-refractivity contribution < 1.29 is 43.1 Å². The first-order valence-electron chi connectivity index (χ1n) is 10.6. The van der Waals surface area contributed by atoms with Crippen molar-refractivity contribution in [3.05, 3.63) is 64.8 Å². The van der Waals surface area contributed by atoms with Gasteiger partial charge in [0.05, 0.1) is 5.39 Å². The first-order valence-corrected chi connectivity index (χ1v) is 10.6. The lowest BCUT2D eigenvalue weighted by molar-refractivity contribution is -0.370. The third kappa shape index (κ3) is 5.87. The predicted octanol–water partition coefficient (Wildman–Crippen LogP) is 2.30. The molecule has 0 saturated carbocycles. The van der Waals surface area contributed by atoms with E-state index in [1.54, 1.807) is 12.1 Å². The fourth-order valence-corrected chi connectivity index (χ4v) is 3.29. The Kier molecular flexibility index (Phi) is 7.74. The van der Waals surface area contributed by atoms with Gasteiger partial charge < -0.3 is 34.8 Å². The van der Waals surface area contributed by atoms with E-state index in [1.807, 2.05) is 61.5 Å². The molecule has 0 spiro atoms. The van der Waals surface area contributed by atoms with Crippen molar-refractivity contribution in [1.29, 1.82) is 0 Å². The van der Waals surface area contributed by atoms with Gasteiger partial charge in [-0.15, -0.1) is 0 Å². The number of hydrogen-bond acceptors (Lipinski definition) is 7. The summed E-state index contributed by atoms with van der Waals surface area (Å²) in [4.78, 5) is 23.6. The van der Waals surface area contributed by atoms with Crippen LogP contribution < -0.4 is 25.9 Å². The van der Waals surface area contributed by atoms with Crippen LogP contribution in [0.3, 0.4) is 0 Å². The highest BCUT2D eigenvalue weighted by atomic mass is 19.4. The molecule has 0 radical (unpaired) electrons. The topological polar surface area (TPSA) is 131 Å². The number of ether oxygens (including phenoxy) is 1. The summed E-state index contributed by atoms with van der Waals surface area (Å²) in [6, 6.07) is 16.7. The van der Waals surface area contributed by atoms with E-state index in [-0.39, 0.29) is 11.5 Å². The SMILES string of the molecule is CN(C)c1ccc(-c2oc3cc4cc(OCC[NH3+])ccc4cc3c(=O)c2O)cc1.O=C([O-])C(F)(F)F. The molecule has 0 fully saturated rings. The Labute approximate surface area is 202 Å². The standard InChI is InChI=1S/C23H22N2O4.C2HF3O2/c1-25(2)17-6-3-14(4-7-17)23-22(27)21(26)19-12-15-5-8-18(28-10-9-24)11-16(15)13-20(19)29-23;3-2(4,5)1(6)7/h3-8,11-13,27H,9-10,24H2,1-2H3;(H,6,7). The van der Waals surface area contributed by atoms with Crippen LogP contribution >= 0.6 is 0 Å². The van der Waals surface area contributed by atoms with Crippen LogP contribution in [0.1, 0.15) is 0 Å². The molecule has 0 saturated heterocycles. The molecule has 0 aliphatic rings. The first-order chi connectivity index (χ1) is 16.9. The number of quaternary nitrogens is 1. The van der Waals surface area contributed by atoms with Crippen molar-refractivity contribution in [1.82, 2.24) is 0 Å². The van der Waals surface area contributed by atoms with Crippen LogP contribution in [0.15, 0.2) is 63.8 Å². The van der Waals surface area contributed by atoms with Gasteiger partial charge in [0.25, 0.3) is 0 Å². The molecule has 4 aromatic rings. The number of hydrogen-bond donors (Lipinski definition) is 2. The van der Waals surface area contributed by atoms with E-state index < -0.39 is 17.6 Å². The van der Waals surface area contributed by atoms with Crippen molar-refractivity contribution in [2.24, 2.45) is 0 Å². The number of anilines is 1. The molecule has 0 atom stereocenters. The molecule has 0 aliphatic heterocycles. The fraction of sp³-hybridized carbons (Fsp3) is 0.200. The molecule has 0 bridgehead atoms. The molecule has 1 heterocycles. The van der Waals surface area contributed by atoms with Gasteiger partial charge in [-0.05, 0) is 59.3 Å². The number of fused-ring (bicyclic) bond motifs is 2. The van der Waals surface area contributed by atoms with Crippen molar-refractivity contribution in [2.75, 3.05) is 32.1 Å². The Balaban J connectivity index is 0.000000454. The molecule has 36 heavy (non-hydrogen) atoms. The van der Waals surface area contributed by atoms with E-state index in [2.05, 4.69) is 5.73 Å². The summed E-state index contributed by atoms with van der Waals surface area (Å²) < 4.78 is 43.2. The molecule has 11 heteroatoms. The van der Waals surface area contributed by atoms with Gasteiger partial charge in [0, 0.05) is 25.3 Å². The number of carboxylic acids is 1. The van der Waals surface area contributed by atoms with Gasteiger partial charge in [-0.3, -0.25) is 4.79 Å². The summed E-state index contributed by atoms with van der Waals surface area (Å²) in [7, 11) is 3.89. The van der Waals surface area contributed by atoms with Crippen molar-refractivity contribution in [3.63, 3.8) is 0 Å². The zero-order valence-corrected chi connectivity index (χ0v) is 19.4. The van der Waals surface area contributed by atoms with Gasteiger partial charge in [0.2, 0.25) is 11.2 Å². The normalized spacial score (nSPS) is 11.2. The van der Waals surface area contributed by atoms with E-state index in [4.69, 9.17) is 19.1 Å². The van der Waals surface area contributed by atoms with Crippen LogP contribution in [-0.2, 0) is 4.79 Å². The number of aliphatic carboxylic acids is 1. The van der Waals surface area contributed by atoms with Gasteiger partial charge in [0.15, 0.2) is 5.76 Å². The van der Waals surface area contributed by atoms with Gasteiger partial charge >= 0.3 is 6.18 Å². The van der Waals surface area contributed by atoms with E-state index in [9.17, 15) is 23.1 Å². The van der Waals surface area contributed by atoms with Crippen LogP contribution in [0.5, 0.6) is 11.5 Å². The first kappa shape index (κ1) is 26.4. The van der Waals surface area contributed by atoms with Gasteiger partial charge in [-0.2, -0.15) is 13.2 Å². The summed E-state index contributed by atoms with van der Waals surface area (Å²) >= 11 is 0. The number of carbonyl (C=O) groups excluding carboxylic acids is 1. The molecule has 0 aliphatic carbocycles. The van der Waals surface area contributed by atoms with Crippen LogP contribution in [0.25, 0.3) is 33.1 Å². The molecule has 4 rings (SSSR count). The summed E-state index contributed by atoms with van der Waals surface area (Å²) in [6.45, 7) is 1.22. The van der Waals surface area contributed by atoms with E-state index in [0.29, 0.717) is 29.7 Å². The minimum absolute atomic E-state index is 0.164. The number of alkyl halides is 3. The second-order valence-corrected chi connectivity index (χ2v) is 7.89. The summed E-state index contributed by atoms with van der Waals surface area (Å²) in [6.07, 6.45) is -5.19. The van der Waals surface area contributed by atoms with E-state index >= 15 is 0 Å². The smallest absolute Gasteiger partial charge is 0.430 e. The van der Waals surface area contributed by atoms with Gasteiger partial charge in [-0.25, -0.2) is 0 Å². The third-order valence-electron chi connectivity index (χ3n) is 5.09. The summed E-state index contributed by atoms with van der Waals surface area (Å²) in [5.41, 5.74) is 5.40. The Morgan fingerprint density at radius 3 is 2.28 bits per heavy atom. The molecule has 0 amide bonds. The molecule has 3 aromatic carbocycles. The number of benzene rings is 3. The average Bonchev–Trinajstić information content (AvgIpc) is 2.83. The quantitative estimate of drug-likeness (QED) is 0.399. The molecule has 190 valence electrons. The second-order valence-electron chi connectivity index (χ2n) is 7.89. The van der Waals surface area contributed by atoms with Crippen LogP contribution in [0, 0.1) is 0 Å². The molecule has 8 nitrogen and oxygen atoms in total. The summed E-state index contributed by atoms with van der Waals surface area (Å²) in [5.74, 6) is -2.49. The molecular weight excluding hydrogens is 481 g/mol. The number of rotatable bonds is 5. The Morgan fingerprint density at radius 1 is 1.08 bits per heavy atom. The minimum Gasteiger partial charge on any atom is -0.542 e. The van der Waals surface area contributed by atoms with Gasteiger partial charge in [-0.1, -0.05) is 6.07 Å². The average molecular weight is 504 g/mol. The predicted molar refractivity (Wildman–Crippen MR) is 126 cm³/mol. The number of halogens is 3. The molecule has 0 unspecified atom stereocenters. The van der Waals surface area contributed by atoms with Gasteiger partial charge in [0.1, 0.15) is 30.5 Å². The lowest BCUT2D eigenvalue weighted by atomic mass is 10.1. The lowest BCUT2D eigenvalue weighted by Gasteiger charge is -2.13. The number of carboxylic acid groups (broad SMARTS) is 1. The summed E-state index contributed by atoms with van der Waals surface area (Å²) in [5, 5.41) is 21.4. The molecule has 4 N–H and O–H groups in total. The van der Waals surface area contributed by atoms with Crippen molar-refractivity contribution in [3.8, 4) is 22.8 Å². The highest BCUT2D eigenvalue weighted by molar-refractivity contribution is 5.97. The maximum absolute atomic E-state index is 12.8. The molecule has 1 aromatic heterocycles. The number of carbonyl (C=O) groups is 1. The lowest BCUT2D eigenvalue weighted by Crippen LogP contribution is -2.52. The third-order valence-corrected chi connectivity index (χ3v) is 5.09. The zero-order valence-electron chi connectivity index (χ0n) is 19.4. The van der Waals surface area contributed by atoms with E-state index in [1.165, 1.54) is 0 Å². The van der Waals surface area contributed by atoms with E-state index in [0.717, 1.165) is 22.2 Å². The van der Waals surface area contributed by atoms with Crippen LogP contribution in [-0.4, -0.2) is 44.5 Å². The zero-order chi connectivity index (χ0) is 26.6. The minimum atomic E-state index is -5.19. The number of aromatic hydroxyl groups is 1. The Bertz CT molecular complexity index is 1450. The van der Waals surface area contributed by atoms with Crippen molar-refractivity contribution in [2.45, 2.75) is 6.18 Å². The largest absolute Gasteiger partial charge is 0.542 e. The maximum atomic E-state index is 12.8.